The molecule has 1 saturated heterocycles. The van der Waals surface area contributed by atoms with Gasteiger partial charge in [-0.1, -0.05) is 0 Å². The van der Waals surface area contributed by atoms with Crippen LogP contribution >= 0.6 is 0 Å². The van der Waals surface area contributed by atoms with Gasteiger partial charge in [0.05, 0.1) is 18.8 Å². The molecule has 1 heterocycles. The van der Waals surface area contributed by atoms with Crippen molar-refractivity contribution in [2.75, 3.05) is 19.7 Å². The van der Waals surface area contributed by atoms with Gasteiger partial charge < -0.3 is 4.74 Å². The maximum atomic E-state index is 9.48. The van der Waals surface area contributed by atoms with Crippen LogP contribution in [0.2, 0.25) is 0 Å². The van der Waals surface area contributed by atoms with E-state index in [2.05, 4.69) is 37.1 Å². The molecular formula is C14H25N3O. The summed E-state index contributed by atoms with van der Waals surface area (Å²) in [5.74, 6) is 0. The van der Waals surface area contributed by atoms with Gasteiger partial charge in [-0.15, -0.1) is 0 Å². The second-order valence-corrected chi connectivity index (χ2v) is 6.07. The molecule has 1 aliphatic heterocycles. The molecule has 0 spiro atoms. The van der Waals surface area contributed by atoms with E-state index in [9.17, 15) is 5.26 Å². The molecule has 1 saturated carbocycles. The highest BCUT2D eigenvalue weighted by Gasteiger charge is 2.42. The van der Waals surface area contributed by atoms with Crippen LogP contribution in [0.5, 0.6) is 0 Å². The van der Waals surface area contributed by atoms with Gasteiger partial charge in [0.25, 0.3) is 0 Å². The van der Waals surface area contributed by atoms with Gasteiger partial charge in [0.2, 0.25) is 0 Å². The van der Waals surface area contributed by atoms with E-state index < -0.39 is 0 Å². The summed E-state index contributed by atoms with van der Waals surface area (Å²) in [5.41, 5.74) is -0.305. The number of nitrogens with one attached hydrogen (secondary N) is 1. The molecule has 2 fully saturated rings. The third kappa shape index (κ3) is 3.03. The Morgan fingerprint density at radius 1 is 1.50 bits per heavy atom. The second-order valence-electron chi connectivity index (χ2n) is 6.07. The Balaban J connectivity index is 1.96. The van der Waals surface area contributed by atoms with Crippen molar-refractivity contribution in [1.29, 1.82) is 5.26 Å². The van der Waals surface area contributed by atoms with E-state index in [0.29, 0.717) is 18.2 Å². The molecule has 4 heteroatoms. The van der Waals surface area contributed by atoms with Crippen LogP contribution in [0.3, 0.4) is 0 Å². The number of ether oxygens (including phenoxy) is 1. The topological polar surface area (TPSA) is 48.3 Å². The Labute approximate surface area is 110 Å². The summed E-state index contributed by atoms with van der Waals surface area (Å²) in [5, 5.41) is 12.9. The van der Waals surface area contributed by atoms with Gasteiger partial charge in [-0.3, -0.25) is 10.2 Å². The monoisotopic (exact) mass is 251 g/mol. The van der Waals surface area contributed by atoms with Gasteiger partial charge in [0, 0.05) is 25.2 Å². The van der Waals surface area contributed by atoms with Crippen molar-refractivity contribution >= 4 is 0 Å². The number of nitrogens with zero attached hydrogens (tertiary/aromatic N) is 2. The first-order valence-corrected chi connectivity index (χ1v) is 7.09. The molecule has 1 aliphatic carbocycles. The number of morpholine rings is 1. The zero-order chi connectivity index (χ0) is 13.2. The molecule has 1 N–H and O–H groups in total. The Bertz CT molecular complexity index is 325. The third-order valence-electron chi connectivity index (χ3n) is 4.06. The minimum Gasteiger partial charge on any atom is -0.376 e. The molecule has 3 unspecified atom stereocenters. The number of hydrogen-bond acceptors (Lipinski definition) is 4. The standard InChI is InChI=1S/C14H25N3O/c1-11(2)16-14(10-15)5-4-13(8-14)17-6-7-18-12(3)9-17/h11-13,16H,4-9H2,1-3H3. The molecule has 0 amide bonds. The van der Waals surface area contributed by atoms with E-state index >= 15 is 0 Å². The quantitative estimate of drug-likeness (QED) is 0.826. The molecule has 3 atom stereocenters. The van der Waals surface area contributed by atoms with Crippen molar-refractivity contribution in [3.05, 3.63) is 0 Å². The summed E-state index contributed by atoms with van der Waals surface area (Å²) in [6.45, 7) is 9.21. The van der Waals surface area contributed by atoms with Crippen molar-refractivity contribution < 1.29 is 4.74 Å². The molecule has 0 bridgehead atoms. The fraction of sp³-hybridized carbons (Fsp3) is 0.929. The Hall–Kier alpha value is -0.630. The third-order valence-corrected chi connectivity index (χ3v) is 4.06. The van der Waals surface area contributed by atoms with Crippen LogP contribution in [0.25, 0.3) is 0 Å². The molecule has 2 aliphatic rings. The van der Waals surface area contributed by atoms with Crippen molar-refractivity contribution in [2.24, 2.45) is 0 Å². The largest absolute Gasteiger partial charge is 0.376 e. The first-order valence-electron chi connectivity index (χ1n) is 7.09. The molecule has 0 radical (unpaired) electrons. The van der Waals surface area contributed by atoms with Crippen molar-refractivity contribution in [3.63, 3.8) is 0 Å². The lowest BCUT2D eigenvalue weighted by atomic mass is 9.98. The molecule has 4 nitrogen and oxygen atoms in total. The minimum absolute atomic E-state index is 0.305. The number of rotatable bonds is 3. The van der Waals surface area contributed by atoms with Gasteiger partial charge in [-0.25, -0.2) is 0 Å². The predicted octanol–water partition coefficient (Wildman–Crippen LogP) is 1.52. The van der Waals surface area contributed by atoms with E-state index in [1.165, 1.54) is 0 Å². The average molecular weight is 251 g/mol. The Kier molecular flexibility index (Phi) is 4.26. The van der Waals surface area contributed by atoms with Gasteiger partial charge in [0.1, 0.15) is 5.54 Å². The first-order chi connectivity index (χ1) is 8.54. The first kappa shape index (κ1) is 13.8. The van der Waals surface area contributed by atoms with Gasteiger partial charge >= 0.3 is 0 Å². The van der Waals surface area contributed by atoms with Crippen LogP contribution in [0.1, 0.15) is 40.0 Å². The van der Waals surface area contributed by atoms with Gasteiger partial charge in [-0.05, 0) is 40.0 Å². The molecule has 0 aromatic heterocycles. The van der Waals surface area contributed by atoms with Crippen LogP contribution in [-0.4, -0.2) is 48.3 Å². The molecule has 0 aromatic rings. The maximum Gasteiger partial charge on any atom is 0.108 e. The number of hydrogen-bond donors (Lipinski definition) is 1. The van der Waals surface area contributed by atoms with E-state index in [1.807, 2.05) is 0 Å². The molecule has 0 aromatic carbocycles. The van der Waals surface area contributed by atoms with E-state index in [0.717, 1.165) is 39.0 Å². The molecular weight excluding hydrogens is 226 g/mol. The lowest BCUT2D eigenvalue weighted by molar-refractivity contribution is -0.0337. The Morgan fingerprint density at radius 3 is 2.89 bits per heavy atom. The zero-order valence-corrected chi connectivity index (χ0v) is 11.8. The second kappa shape index (κ2) is 5.56. The highest BCUT2D eigenvalue weighted by atomic mass is 16.5. The fourth-order valence-corrected chi connectivity index (χ4v) is 3.33. The van der Waals surface area contributed by atoms with Crippen LogP contribution in [-0.2, 0) is 4.74 Å². The van der Waals surface area contributed by atoms with Crippen LogP contribution < -0.4 is 5.32 Å². The van der Waals surface area contributed by atoms with E-state index in [1.54, 1.807) is 0 Å². The highest BCUT2D eigenvalue weighted by molar-refractivity contribution is 5.14. The normalized spacial score (nSPS) is 37.9. The van der Waals surface area contributed by atoms with Crippen molar-refractivity contribution in [2.45, 2.75) is 63.8 Å². The summed E-state index contributed by atoms with van der Waals surface area (Å²) in [7, 11) is 0. The highest BCUT2D eigenvalue weighted by Crippen LogP contribution is 2.33. The molecule has 102 valence electrons. The van der Waals surface area contributed by atoms with Crippen molar-refractivity contribution in [3.8, 4) is 6.07 Å². The summed E-state index contributed by atoms with van der Waals surface area (Å²) in [4.78, 5) is 2.51. The lowest BCUT2D eigenvalue weighted by Crippen LogP contribution is -2.49. The SMILES string of the molecule is CC(C)NC1(C#N)CCC(N2CCOC(C)C2)C1. The van der Waals surface area contributed by atoms with Gasteiger partial charge in [0.15, 0.2) is 0 Å². The average Bonchev–Trinajstić information content (AvgIpc) is 2.73. The molecule has 2 rings (SSSR count). The van der Waals surface area contributed by atoms with E-state index in [4.69, 9.17) is 4.74 Å². The zero-order valence-electron chi connectivity index (χ0n) is 11.8. The van der Waals surface area contributed by atoms with Crippen molar-refractivity contribution in [1.82, 2.24) is 10.2 Å². The van der Waals surface area contributed by atoms with Crippen LogP contribution in [0, 0.1) is 11.3 Å². The van der Waals surface area contributed by atoms with E-state index in [-0.39, 0.29) is 5.54 Å². The van der Waals surface area contributed by atoms with Gasteiger partial charge in [-0.2, -0.15) is 5.26 Å². The minimum atomic E-state index is -0.305. The lowest BCUT2D eigenvalue weighted by Gasteiger charge is -2.36. The fourth-order valence-electron chi connectivity index (χ4n) is 3.33. The summed E-state index contributed by atoms with van der Waals surface area (Å²) < 4.78 is 5.59. The van der Waals surface area contributed by atoms with Crippen LogP contribution in [0.15, 0.2) is 0 Å². The summed E-state index contributed by atoms with van der Waals surface area (Å²) in [6.07, 6.45) is 3.38. The number of nitriles is 1. The Morgan fingerprint density at radius 2 is 2.28 bits per heavy atom. The molecule has 18 heavy (non-hydrogen) atoms. The summed E-state index contributed by atoms with van der Waals surface area (Å²) >= 11 is 0. The summed E-state index contributed by atoms with van der Waals surface area (Å²) in [6, 6.07) is 3.43. The smallest absolute Gasteiger partial charge is 0.108 e. The predicted molar refractivity (Wildman–Crippen MR) is 71.2 cm³/mol. The van der Waals surface area contributed by atoms with Crippen LogP contribution in [0.4, 0.5) is 0 Å². The maximum absolute atomic E-state index is 9.48.